The molecule has 3 N–H and O–H groups in total. The Labute approximate surface area is 115 Å². The summed E-state index contributed by atoms with van der Waals surface area (Å²) in [6.07, 6.45) is 0. The Balaban J connectivity index is 1.97. The Bertz CT molecular complexity index is 544. The molecule has 2 rings (SSSR count). The van der Waals surface area contributed by atoms with Crippen molar-refractivity contribution in [3.8, 4) is 0 Å². The summed E-state index contributed by atoms with van der Waals surface area (Å²) in [6.45, 7) is 4.11. The van der Waals surface area contributed by atoms with Gasteiger partial charge in [-0.2, -0.15) is 0 Å². The van der Waals surface area contributed by atoms with E-state index in [1.165, 1.54) is 23.9 Å². The van der Waals surface area contributed by atoms with E-state index < -0.39 is 0 Å². The van der Waals surface area contributed by atoms with Crippen molar-refractivity contribution in [3.05, 3.63) is 41.5 Å². The van der Waals surface area contributed by atoms with Gasteiger partial charge in [0.25, 0.3) is 11.1 Å². The minimum absolute atomic E-state index is 0.00369. The highest BCUT2D eigenvalue weighted by atomic mass is 32.2. The van der Waals surface area contributed by atoms with E-state index in [-0.39, 0.29) is 11.9 Å². The number of rotatable bonds is 5. The maximum atomic E-state index is 13.0. The van der Waals surface area contributed by atoms with E-state index in [0.29, 0.717) is 22.8 Å². The highest BCUT2D eigenvalue weighted by Crippen LogP contribution is 2.24. The van der Waals surface area contributed by atoms with Crippen molar-refractivity contribution in [1.29, 1.82) is 0 Å². The molecular weight excluding hydrogens is 265 g/mol. The summed E-state index contributed by atoms with van der Waals surface area (Å²) in [5, 5.41) is 8.46. The fourth-order valence-corrected chi connectivity index (χ4v) is 2.20. The van der Waals surface area contributed by atoms with Crippen LogP contribution in [0.1, 0.15) is 31.3 Å². The molecule has 0 saturated carbocycles. The molecule has 1 heterocycles. The lowest BCUT2D eigenvalue weighted by molar-refractivity contribution is -0.443. The van der Waals surface area contributed by atoms with Gasteiger partial charge >= 0.3 is 0 Å². The van der Waals surface area contributed by atoms with Crippen LogP contribution >= 0.6 is 11.8 Å². The Morgan fingerprint density at radius 3 is 2.84 bits per heavy atom. The second-order valence-electron chi connectivity index (χ2n) is 4.68. The first kappa shape index (κ1) is 14.0. The first-order valence-electron chi connectivity index (χ1n) is 6.10. The molecule has 1 atom stereocenters. The molecule has 2 aromatic rings. The van der Waals surface area contributed by atoms with E-state index >= 15 is 0 Å². The maximum Gasteiger partial charge on any atom is 0.277 e. The molecule has 1 aromatic carbocycles. The van der Waals surface area contributed by atoms with Crippen LogP contribution in [0.25, 0.3) is 0 Å². The van der Waals surface area contributed by atoms with Crippen LogP contribution in [0, 0.1) is 11.7 Å². The van der Waals surface area contributed by atoms with Crippen LogP contribution in [0.2, 0.25) is 0 Å². The molecule has 19 heavy (non-hydrogen) atoms. The second kappa shape index (κ2) is 6.16. The van der Waals surface area contributed by atoms with Crippen LogP contribution in [-0.2, 0) is 5.75 Å². The van der Waals surface area contributed by atoms with E-state index in [1.54, 1.807) is 6.07 Å². The first-order valence-corrected chi connectivity index (χ1v) is 7.08. The van der Waals surface area contributed by atoms with Crippen LogP contribution < -0.4 is 5.73 Å². The van der Waals surface area contributed by atoms with Crippen molar-refractivity contribution >= 4 is 11.8 Å². The lowest BCUT2D eigenvalue weighted by Crippen LogP contribution is -2.56. The van der Waals surface area contributed by atoms with E-state index in [2.05, 4.69) is 29.8 Å². The van der Waals surface area contributed by atoms with E-state index in [9.17, 15) is 4.39 Å². The van der Waals surface area contributed by atoms with Crippen LogP contribution in [0.4, 0.5) is 4.39 Å². The van der Waals surface area contributed by atoms with Gasteiger partial charge in [0.1, 0.15) is 5.82 Å². The Morgan fingerprint density at radius 2 is 2.16 bits per heavy atom. The number of quaternary nitrogens is 1. The zero-order valence-corrected chi connectivity index (χ0v) is 11.8. The van der Waals surface area contributed by atoms with Crippen molar-refractivity contribution in [3.63, 3.8) is 0 Å². The summed E-state index contributed by atoms with van der Waals surface area (Å²) in [6, 6.07) is 6.48. The normalized spacial score (nSPS) is 12.9. The zero-order chi connectivity index (χ0) is 13.8. The Hall–Kier alpha value is -1.40. The SMILES string of the molecule is CC(C)C([NH3+])c1nnc(SCc2cccc(F)c2)o1. The quantitative estimate of drug-likeness (QED) is 0.855. The van der Waals surface area contributed by atoms with Crippen molar-refractivity contribution in [2.24, 2.45) is 5.92 Å². The van der Waals surface area contributed by atoms with Crippen LogP contribution in [-0.4, -0.2) is 10.2 Å². The van der Waals surface area contributed by atoms with Gasteiger partial charge in [0.15, 0.2) is 6.04 Å². The summed E-state index contributed by atoms with van der Waals surface area (Å²) in [7, 11) is 0. The average molecular weight is 282 g/mol. The summed E-state index contributed by atoms with van der Waals surface area (Å²) in [5.74, 6) is 1.27. The predicted molar refractivity (Wildman–Crippen MR) is 70.7 cm³/mol. The monoisotopic (exact) mass is 282 g/mol. The maximum absolute atomic E-state index is 13.0. The number of hydrogen-bond acceptors (Lipinski definition) is 4. The van der Waals surface area contributed by atoms with Gasteiger partial charge in [0, 0.05) is 11.7 Å². The largest absolute Gasteiger partial charge is 0.410 e. The fraction of sp³-hybridized carbons (Fsp3) is 0.385. The zero-order valence-electron chi connectivity index (χ0n) is 11.0. The third-order valence-corrected chi connectivity index (χ3v) is 3.68. The molecule has 0 aliphatic rings. The molecule has 1 unspecified atom stereocenters. The van der Waals surface area contributed by atoms with Gasteiger partial charge in [-0.15, -0.1) is 10.2 Å². The van der Waals surface area contributed by atoms with E-state index in [4.69, 9.17) is 4.42 Å². The van der Waals surface area contributed by atoms with Crippen LogP contribution in [0.5, 0.6) is 0 Å². The summed E-state index contributed by atoms with van der Waals surface area (Å²) in [5.41, 5.74) is 4.88. The molecule has 0 bridgehead atoms. The fourth-order valence-electron chi connectivity index (χ4n) is 1.49. The number of nitrogens with zero attached hydrogens (tertiary/aromatic N) is 2. The van der Waals surface area contributed by atoms with Gasteiger partial charge < -0.3 is 10.2 Å². The minimum Gasteiger partial charge on any atom is -0.410 e. The molecule has 4 nitrogen and oxygen atoms in total. The van der Waals surface area contributed by atoms with Crippen molar-refractivity contribution < 1.29 is 14.5 Å². The highest BCUT2D eigenvalue weighted by Gasteiger charge is 2.21. The third-order valence-electron chi connectivity index (χ3n) is 2.80. The van der Waals surface area contributed by atoms with E-state index in [1.807, 2.05) is 6.07 Å². The van der Waals surface area contributed by atoms with Crippen molar-refractivity contribution in [2.75, 3.05) is 0 Å². The molecule has 102 valence electrons. The lowest BCUT2D eigenvalue weighted by atomic mass is 10.1. The Morgan fingerprint density at radius 1 is 1.37 bits per heavy atom. The molecule has 0 radical (unpaired) electrons. The van der Waals surface area contributed by atoms with Gasteiger partial charge in [-0.05, 0) is 17.7 Å². The van der Waals surface area contributed by atoms with Crippen molar-refractivity contribution in [1.82, 2.24) is 10.2 Å². The van der Waals surface area contributed by atoms with Crippen molar-refractivity contribution in [2.45, 2.75) is 30.9 Å². The summed E-state index contributed by atoms with van der Waals surface area (Å²) < 4.78 is 18.6. The molecule has 0 fully saturated rings. The number of aromatic nitrogens is 2. The van der Waals surface area contributed by atoms with Gasteiger partial charge in [0.05, 0.1) is 0 Å². The first-order chi connectivity index (χ1) is 9.06. The molecular formula is C13H17FN3OS+. The molecule has 0 aliphatic heterocycles. The number of thioether (sulfide) groups is 1. The molecule has 0 amide bonds. The van der Waals surface area contributed by atoms with Gasteiger partial charge in [-0.3, -0.25) is 0 Å². The molecule has 6 heteroatoms. The third kappa shape index (κ3) is 3.78. The topological polar surface area (TPSA) is 66.6 Å². The number of halogens is 1. The summed E-state index contributed by atoms with van der Waals surface area (Å²) in [4.78, 5) is 0. The predicted octanol–water partition coefficient (Wildman–Crippen LogP) is 2.44. The van der Waals surface area contributed by atoms with Gasteiger partial charge in [-0.1, -0.05) is 37.7 Å². The Kier molecular flexibility index (Phi) is 4.55. The van der Waals surface area contributed by atoms with Crippen LogP contribution in [0.15, 0.2) is 33.9 Å². The molecule has 0 spiro atoms. The lowest BCUT2D eigenvalue weighted by Gasteiger charge is -2.05. The summed E-state index contributed by atoms with van der Waals surface area (Å²) >= 11 is 1.40. The standard InChI is InChI=1S/C13H16FN3OS/c1-8(2)11(15)12-16-17-13(18-12)19-7-9-4-3-5-10(14)6-9/h3-6,8,11H,7,15H2,1-2H3/p+1. The van der Waals surface area contributed by atoms with Crippen LogP contribution in [0.3, 0.4) is 0 Å². The number of benzene rings is 1. The molecule has 0 aliphatic carbocycles. The van der Waals surface area contributed by atoms with Gasteiger partial charge in [-0.25, -0.2) is 4.39 Å². The molecule has 1 aromatic heterocycles. The average Bonchev–Trinajstić information content (AvgIpc) is 2.84. The highest BCUT2D eigenvalue weighted by molar-refractivity contribution is 7.98. The van der Waals surface area contributed by atoms with E-state index in [0.717, 1.165) is 5.56 Å². The number of hydrogen-bond donors (Lipinski definition) is 1. The minimum atomic E-state index is -0.234. The second-order valence-corrected chi connectivity index (χ2v) is 5.60. The smallest absolute Gasteiger partial charge is 0.277 e. The van der Waals surface area contributed by atoms with Gasteiger partial charge in [0.2, 0.25) is 0 Å². The molecule has 0 saturated heterocycles.